The Morgan fingerprint density at radius 2 is 1.50 bits per heavy atom. The first-order chi connectivity index (χ1) is 7.61. The Kier molecular flexibility index (Phi) is 1.81. The Bertz CT molecular complexity index is 396. The van der Waals surface area contributed by atoms with E-state index >= 15 is 0 Å². The molecule has 0 aromatic rings. The van der Waals surface area contributed by atoms with Gasteiger partial charge in [-0.3, -0.25) is 19.7 Å². The van der Waals surface area contributed by atoms with Crippen molar-refractivity contribution in [3.8, 4) is 0 Å². The molecule has 2 fully saturated rings. The van der Waals surface area contributed by atoms with Crippen LogP contribution in [0.15, 0.2) is 12.2 Å². The number of hydrogen-bond donors (Lipinski definition) is 0. The normalized spacial score (nSPS) is 44.9. The van der Waals surface area contributed by atoms with Crippen molar-refractivity contribution in [3.63, 3.8) is 0 Å². The quantitative estimate of drug-likeness (QED) is 0.281. The summed E-state index contributed by atoms with van der Waals surface area (Å²) in [6.45, 7) is 0. The molecular weight excluding hydrogens is 210 g/mol. The summed E-state index contributed by atoms with van der Waals surface area (Å²) in [4.78, 5) is 33.8. The first-order valence-electron chi connectivity index (χ1n) is 5.50. The van der Waals surface area contributed by atoms with Crippen molar-refractivity contribution >= 4 is 11.6 Å². The summed E-state index contributed by atoms with van der Waals surface area (Å²) < 4.78 is 0. The topological polar surface area (TPSA) is 77.3 Å². The van der Waals surface area contributed by atoms with Crippen LogP contribution in [0.4, 0.5) is 0 Å². The number of Topliss-reactive ketones (excluding diaryl/α,β-unsaturated/α-hetero) is 2. The molecule has 0 saturated heterocycles. The lowest BCUT2D eigenvalue weighted by molar-refractivity contribution is -0.492. The molecule has 4 atom stereocenters. The number of fused-ring (bicyclic) bond motifs is 1. The minimum Gasteiger partial charge on any atom is -0.291 e. The van der Waals surface area contributed by atoms with Crippen LogP contribution in [0, 0.1) is 33.8 Å². The second-order valence-corrected chi connectivity index (χ2v) is 4.83. The average Bonchev–Trinajstić information content (AvgIpc) is 2.55. The van der Waals surface area contributed by atoms with Gasteiger partial charge in [-0.25, -0.2) is 0 Å². The van der Waals surface area contributed by atoms with Gasteiger partial charge in [-0.2, -0.15) is 0 Å². The summed E-state index contributed by atoms with van der Waals surface area (Å²) >= 11 is 0. The molecule has 0 aliphatic heterocycles. The minimum atomic E-state index is -1.59. The van der Waals surface area contributed by atoms with Crippen LogP contribution < -0.4 is 0 Å². The van der Waals surface area contributed by atoms with Gasteiger partial charge in [-0.15, -0.1) is 0 Å². The van der Waals surface area contributed by atoms with Crippen molar-refractivity contribution in [2.45, 2.75) is 18.9 Å². The van der Waals surface area contributed by atoms with Gasteiger partial charge < -0.3 is 0 Å². The largest absolute Gasteiger partial charge is 0.328 e. The average molecular weight is 221 g/mol. The van der Waals surface area contributed by atoms with E-state index in [-0.39, 0.29) is 11.8 Å². The maximum atomic E-state index is 11.9. The molecule has 5 nitrogen and oxygen atoms in total. The lowest BCUT2D eigenvalue weighted by atomic mass is 9.63. The third-order valence-corrected chi connectivity index (χ3v) is 4.16. The monoisotopic (exact) mass is 221 g/mol. The Morgan fingerprint density at radius 1 is 1.06 bits per heavy atom. The molecule has 0 aromatic carbocycles. The van der Waals surface area contributed by atoms with Crippen LogP contribution in [0.3, 0.4) is 0 Å². The van der Waals surface area contributed by atoms with Crippen molar-refractivity contribution in [3.05, 3.63) is 22.3 Å². The van der Waals surface area contributed by atoms with Crippen molar-refractivity contribution in [1.29, 1.82) is 0 Å². The summed E-state index contributed by atoms with van der Waals surface area (Å²) in [7, 11) is 0. The van der Waals surface area contributed by atoms with Crippen LogP contribution in [0.2, 0.25) is 0 Å². The third-order valence-electron chi connectivity index (χ3n) is 4.16. The molecule has 4 rings (SSSR count). The fourth-order valence-corrected chi connectivity index (χ4v) is 3.48. The molecular formula is C11H11NO4. The second-order valence-electron chi connectivity index (χ2n) is 4.83. The maximum Gasteiger partial charge on any atom is 0.328 e. The van der Waals surface area contributed by atoms with Crippen LogP contribution in [0.5, 0.6) is 0 Å². The van der Waals surface area contributed by atoms with Gasteiger partial charge in [0, 0.05) is 16.8 Å². The van der Waals surface area contributed by atoms with E-state index in [1.54, 1.807) is 0 Å². The molecule has 0 amide bonds. The van der Waals surface area contributed by atoms with Gasteiger partial charge >= 0.3 is 6.04 Å². The molecule has 4 unspecified atom stereocenters. The van der Waals surface area contributed by atoms with Crippen molar-refractivity contribution in [2.75, 3.05) is 0 Å². The number of allylic oxidation sites excluding steroid dienone is 2. The lowest BCUT2D eigenvalue weighted by Crippen LogP contribution is -2.38. The van der Waals surface area contributed by atoms with Gasteiger partial charge in [0.05, 0.1) is 0 Å². The smallest absolute Gasteiger partial charge is 0.291 e. The third kappa shape index (κ3) is 1.00. The molecule has 5 heteroatoms. The summed E-state index contributed by atoms with van der Waals surface area (Å²) in [6.07, 6.45) is 5.68. The number of nitro groups is 1. The molecule has 2 bridgehead atoms. The molecule has 4 aliphatic rings. The van der Waals surface area contributed by atoms with Crippen molar-refractivity contribution < 1.29 is 14.5 Å². The Labute approximate surface area is 91.7 Å². The zero-order valence-corrected chi connectivity index (χ0v) is 8.54. The molecule has 0 radical (unpaired) electrons. The number of rotatable bonds is 1. The van der Waals surface area contributed by atoms with Gasteiger partial charge in [-0.05, 0) is 24.7 Å². The molecule has 0 N–H and O–H groups in total. The van der Waals surface area contributed by atoms with E-state index in [9.17, 15) is 19.7 Å². The fourth-order valence-electron chi connectivity index (χ4n) is 3.48. The highest BCUT2D eigenvalue weighted by atomic mass is 16.6. The van der Waals surface area contributed by atoms with Gasteiger partial charge in [0.1, 0.15) is 0 Å². The Morgan fingerprint density at radius 3 is 1.81 bits per heavy atom. The number of ketones is 2. The number of nitrogens with zero attached hydrogens (tertiary/aromatic N) is 1. The predicted molar refractivity (Wildman–Crippen MR) is 53.1 cm³/mol. The van der Waals surface area contributed by atoms with Crippen LogP contribution in [-0.2, 0) is 9.59 Å². The van der Waals surface area contributed by atoms with Crippen molar-refractivity contribution in [2.24, 2.45) is 23.7 Å². The number of carbonyl (C=O) groups is 2. The van der Waals surface area contributed by atoms with Crippen LogP contribution in [0.25, 0.3) is 0 Å². The second kappa shape index (κ2) is 2.99. The molecule has 84 valence electrons. The standard InChI is InChI=1S/C11H11NO4/c13-10-7-5-1-2-6(4-3-5)8(7)11(14)9(10)12(15)16/h1-2,5-9H,3-4H2. The highest BCUT2D eigenvalue weighted by Gasteiger charge is 2.62. The van der Waals surface area contributed by atoms with E-state index in [1.165, 1.54) is 0 Å². The summed E-state index contributed by atoms with van der Waals surface area (Å²) in [6, 6.07) is -1.59. The number of hydrogen-bond acceptors (Lipinski definition) is 4. The zero-order valence-electron chi connectivity index (χ0n) is 8.54. The molecule has 0 spiro atoms. The van der Waals surface area contributed by atoms with E-state index in [0.717, 1.165) is 12.8 Å². The molecule has 0 heterocycles. The Balaban J connectivity index is 2.04. The van der Waals surface area contributed by atoms with E-state index in [2.05, 4.69) is 0 Å². The van der Waals surface area contributed by atoms with E-state index in [0.29, 0.717) is 0 Å². The zero-order chi connectivity index (χ0) is 11.4. The van der Waals surface area contributed by atoms with Gasteiger partial charge in [-0.1, -0.05) is 12.2 Å². The summed E-state index contributed by atoms with van der Waals surface area (Å²) in [5.41, 5.74) is 0. The summed E-state index contributed by atoms with van der Waals surface area (Å²) in [5.74, 6) is -1.64. The van der Waals surface area contributed by atoms with Crippen molar-refractivity contribution in [1.82, 2.24) is 0 Å². The van der Waals surface area contributed by atoms with E-state index in [4.69, 9.17) is 0 Å². The molecule has 16 heavy (non-hydrogen) atoms. The van der Waals surface area contributed by atoms with Crippen LogP contribution in [0.1, 0.15) is 12.8 Å². The maximum absolute atomic E-state index is 11.9. The summed E-state index contributed by atoms with van der Waals surface area (Å²) in [5, 5.41) is 10.7. The van der Waals surface area contributed by atoms with Crippen LogP contribution >= 0.6 is 0 Å². The predicted octanol–water partition coefficient (Wildman–Crippen LogP) is 0.612. The number of carbonyl (C=O) groups excluding carboxylic acids is 2. The Hall–Kier alpha value is -1.52. The minimum absolute atomic E-state index is 0.0522. The highest BCUT2D eigenvalue weighted by molar-refractivity contribution is 6.14. The first-order valence-corrected chi connectivity index (χ1v) is 5.50. The van der Waals surface area contributed by atoms with Gasteiger partial charge in [0.15, 0.2) is 0 Å². The fraction of sp³-hybridized carbons (Fsp3) is 0.636. The molecule has 0 aromatic heterocycles. The molecule has 2 saturated carbocycles. The van der Waals surface area contributed by atoms with E-state index in [1.807, 2.05) is 12.2 Å². The SMILES string of the molecule is O=C1C2C3C=CC(CC3)C2C(=O)C1[N+](=O)[O-]. The van der Waals surface area contributed by atoms with Gasteiger partial charge in [0.25, 0.3) is 0 Å². The van der Waals surface area contributed by atoms with Gasteiger partial charge in [0.2, 0.25) is 11.6 Å². The first kappa shape index (κ1) is 9.69. The van der Waals surface area contributed by atoms with E-state index < -0.39 is 34.4 Å². The lowest BCUT2D eigenvalue weighted by Gasteiger charge is -2.38. The highest BCUT2D eigenvalue weighted by Crippen LogP contribution is 2.49. The molecule has 4 aliphatic carbocycles. The van der Waals surface area contributed by atoms with Crippen LogP contribution in [-0.4, -0.2) is 22.5 Å².